The fourth-order valence-corrected chi connectivity index (χ4v) is 5.06. The molecule has 1 amide bonds. The van der Waals surface area contributed by atoms with Gasteiger partial charge in [-0.05, 0) is 58.8 Å². The normalized spacial score (nSPS) is 12.1. The number of carbonyl (C=O) groups is 1. The lowest BCUT2D eigenvalue weighted by Crippen LogP contribution is -2.33. The van der Waals surface area contributed by atoms with Gasteiger partial charge in [0.05, 0.1) is 4.90 Å². The van der Waals surface area contributed by atoms with Crippen LogP contribution in [0, 0.1) is 0 Å². The van der Waals surface area contributed by atoms with Crippen molar-refractivity contribution in [3.63, 3.8) is 0 Å². The maximum atomic E-state index is 13.5. The van der Waals surface area contributed by atoms with Crippen LogP contribution in [0.1, 0.15) is 22.7 Å². The molecule has 4 N–H and O–H groups in total. The molecule has 1 atom stereocenters. The van der Waals surface area contributed by atoms with Gasteiger partial charge >= 0.3 is 0 Å². The number of allylic oxidation sites excluding steroid dienone is 1. The van der Waals surface area contributed by atoms with E-state index >= 15 is 0 Å². The molecule has 4 rings (SSSR count). The summed E-state index contributed by atoms with van der Waals surface area (Å²) in [6.45, 7) is 3.88. The topological polar surface area (TPSA) is 114 Å². The van der Waals surface area contributed by atoms with Gasteiger partial charge in [-0.15, -0.1) is 6.58 Å². The van der Waals surface area contributed by atoms with Gasteiger partial charge in [-0.1, -0.05) is 48.5 Å². The van der Waals surface area contributed by atoms with Gasteiger partial charge in [-0.2, -0.15) is 0 Å². The summed E-state index contributed by atoms with van der Waals surface area (Å²) in [6.07, 6.45) is 5.28. The maximum Gasteiger partial charge on any atom is 0.247 e. The van der Waals surface area contributed by atoms with Crippen LogP contribution in [0.4, 0.5) is 11.5 Å². The van der Waals surface area contributed by atoms with E-state index in [1.165, 1.54) is 0 Å². The lowest BCUT2D eigenvalue weighted by atomic mass is 10.0. The third kappa shape index (κ3) is 5.72. The second-order valence-electron chi connectivity index (χ2n) is 8.54. The Kier molecular flexibility index (Phi) is 7.36. The summed E-state index contributed by atoms with van der Waals surface area (Å²) in [6, 6.07) is 21.2. The van der Waals surface area contributed by atoms with E-state index in [-0.39, 0.29) is 17.3 Å². The van der Waals surface area contributed by atoms with E-state index in [0.717, 1.165) is 33.8 Å². The molecular weight excluding hydrogens is 472 g/mol. The summed E-state index contributed by atoms with van der Waals surface area (Å²) in [4.78, 5) is 17.8. The first kappa shape index (κ1) is 24.9. The first-order valence-corrected chi connectivity index (χ1v) is 13.3. The summed E-state index contributed by atoms with van der Waals surface area (Å²) < 4.78 is 24.4. The number of nitrogen functional groups attached to an aromatic ring is 1. The molecule has 4 aromatic rings. The number of benzene rings is 3. The fraction of sp³-hybridized carbons (Fsp3) is 0.143. The van der Waals surface area contributed by atoms with Crippen molar-refractivity contribution >= 4 is 38.0 Å². The van der Waals surface area contributed by atoms with E-state index in [4.69, 9.17) is 5.73 Å². The van der Waals surface area contributed by atoms with E-state index < -0.39 is 15.9 Å². The standard InChI is InChI=1S/C28H28N4O3S/c1-3-7-19-8-6-10-21(16-19)26(32-23-12-13-24-20(17-23)14-15-30-27(24)29)28(33)31-18-22-9-4-5-11-25(22)36(2,34)35/h3-6,8-17,26,32H,1,7,18H2,2H3,(H2,29,30)(H,31,33). The summed E-state index contributed by atoms with van der Waals surface area (Å²) >= 11 is 0. The number of nitrogens with one attached hydrogen (secondary N) is 2. The Hall–Kier alpha value is -4.17. The number of hydrogen-bond donors (Lipinski definition) is 3. The van der Waals surface area contributed by atoms with Crippen LogP contribution in [0.25, 0.3) is 10.8 Å². The first-order chi connectivity index (χ1) is 17.3. The molecule has 3 aromatic carbocycles. The molecule has 1 heterocycles. The highest BCUT2D eigenvalue weighted by atomic mass is 32.2. The molecule has 1 aromatic heterocycles. The minimum atomic E-state index is -3.43. The third-order valence-electron chi connectivity index (χ3n) is 5.86. The van der Waals surface area contributed by atoms with E-state index in [9.17, 15) is 13.2 Å². The number of nitrogens with two attached hydrogens (primary N) is 1. The van der Waals surface area contributed by atoms with Gasteiger partial charge in [0.2, 0.25) is 5.91 Å². The average Bonchev–Trinajstić information content (AvgIpc) is 2.86. The molecule has 0 radical (unpaired) electrons. The lowest BCUT2D eigenvalue weighted by molar-refractivity contribution is -0.122. The highest BCUT2D eigenvalue weighted by Crippen LogP contribution is 2.27. The van der Waals surface area contributed by atoms with Gasteiger partial charge in [0.1, 0.15) is 11.9 Å². The molecule has 0 fully saturated rings. The predicted molar refractivity (Wildman–Crippen MR) is 144 cm³/mol. The van der Waals surface area contributed by atoms with Crippen LogP contribution in [0.15, 0.2) is 96.5 Å². The van der Waals surface area contributed by atoms with Crippen LogP contribution < -0.4 is 16.4 Å². The van der Waals surface area contributed by atoms with Crippen molar-refractivity contribution in [1.29, 1.82) is 0 Å². The zero-order chi connectivity index (χ0) is 25.7. The molecule has 0 saturated carbocycles. The molecule has 0 aliphatic heterocycles. The zero-order valence-electron chi connectivity index (χ0n) is 19.9. The Labute approximate surface area is 211 Å². The number of rotatable bonds is 9. The minimum absolute atomic E-state index is 0.0759. The molecule has 0 saturated heterocycles. The van der Waals surface area contributed by atoms with Crippen LogP contribution in [-0.4, -0.2) is 25.6 Å². The van der Waals surface area contributed by atoms with E-state index in [1.807, 2.05) is 54.6 Å². The van der Waals surface area contributed by atoms with Gasteiger partial charge in [0.15, 0.2) is 9.84 Å². The van der Waals surface area contributed by atoms with Crippen LogP contribution in [-0.2, 0) is 27.6 Å². The molecule has 36 heavy (non-hydrogen) atoms. The van der Waals surface area contributed by atoms with Crippen molar-refractivity contribution in [3.05, 3.63) is 108 Å². The average molecular weight is 501 g/mol. The fourth-order valence-electron chi connectivity index (χ4n) is 4.12. The number of anilines is 2. The molecule has 7 nitrogen and oxygen atoms in total. The van der Waals surface area contributed by atoms with E-state index in [2.05, 4.69) is 22.2 Å². The Bertz CT molecular complexity index is 1530. The van der Waals surface area contributed by atoms with Crippen LogP contribution >= 0.6 is 0 Å². The predicted octanol–water partition coefficient (Wildman–Crippen LogP) is 4.42. The van der Waals surface area contributed by atoms with Crippen molar-refractivity contribution in [2.24, 2.45) is 0 Å². The summed E-state index contributed by atoms with van der Waals surface area (Å²) in [5.41, 5.74) is 9.05. The maximum absolute atomic E-state index is 13.5. The van der Waals surface area contributed by atoms with Gasteiger partial charge < -0.3 is 16.4 Å². The zero-order valence-corrected chi connectivity index (χ0v) is 20.8. The Balaban J connectivity index is 1.65. The quantitative estimate of drug-likeness (QED) is 0.293. The monoisotopic (exact) mass is 500 g/mol. The Morgan fingerprint density at radius 3 is 2.67 bits per heavy atom. The van der Waals surface area contributed by atoms with Crippen LogP contribution in [0.5, 0.6) is 0 Å². The number of fused-ring (bicyclic) bond motifs is 1. The molecule has 0 aliphatic carbocycles. The number of aromatic nitrogens is 1. The smallest absolute Gasteiger partial charge is 0.247 e. The van der Waals surface area contributed by atoms with Crippen molar-refractivity contribution in [1.82, 2.24) is 10.3 Å². The number of carbonyl (C=O) groups excluding carboxylic acids is 1. The van der Waals surface area contributed by atoms with Crippen molar-refractivity contribution in [2.45, 2.75) is 23.9 Å². The summed E-state index contributed by atoms with van der Waals surface area (Å²) in [5, 5.41) is 7.98. The molecular formula is C28H28N4O3S. The first-order valence-electron chi connectivity index (χ1n) is 11.4. The third-order valence-corrected chi connectivity index (χ3v) is 7.06. The number of amides is 1. The van der Waals surface area contributed by atoms with Crippen molar-refractivity contribution in [2.75, 3.05) is 17.3 Å². The van der Waals surface area contributed by atoms with E-state index in [0.29, 0.717) is 17.8 Å². The number of pyridine rings is 1. The lowest BCUT2D eigenvalue weighted by Gasteiger charge is -2.21. The molecule has 0 spiro atoms. The number of hydrogen-bond acceptors (Lipinski definition) is 6. The van der Waals surface area contributed by atoms with E-state index in [1.54, 1.807) is 30.5 Å². The molecule has 8 heteroatoms. The van der Waals surface area contributed by atoms with Crippen LogP contribution in [0.3, 0.4) is 0 Å². The number of nitrogens with zero attached hydrogens (tertiary/aromatic N) is 1. The highest BCUT2D eigenvalue weighted by molar-refractivity contribution is 7.90. The van der Waals surface area contributed by atoms with Crippen LogP contribution in [0.2, 0.25) is 0 Å². The molecule has 184 valence electrons. The second-order valence-corrected chi connectivity index (χ2v) is 10.5. The minimum Gasteiger partial charge on any atom is -0.383 e. The Morgan fingerprint density at radius 1 is 1.08 bits per heavy atom. The Morgan fingerprint density at radius 2 is 1.89 bits per heavy atom. The molecule has 0 bridgehead atoms. The molecule has 0 aliphatic rings. The van der Waals surface area contributed by atoms with Gasteiger partial charge in [0.25, 0.3) is 0 Å². The molecule has 1 unspecified atom stereocenters. The van der Waals surface area contributed by atoms with Crippen molar-refractivity contribution in [3.8, 4) is 0 Å². The largest absolute Gasteiger partial charge is 0.383 e. The van der Waals surface area contributed by atoms with Crippen molar-refractivity contribution < 1.29 is 13.2 Å². The second kappa shape index (κ2) is 10.6. The van der Waals surface area contributed by atoms with Gasteiger partial charge in [-0.3, -0.25) is 4.79 Å². The SMILES string of the molecule is C=CCc1cccc(C(Nc2ccc3c(N)nccc3c2)C(=O)NCc2ccccc2S(C)(=O)=O)c1. The number of sulfone groups is 1. The van der Waals surface area contributed by atoms with Gasteiger partial charge in [0, 0.05) is 30.1 Å². The summed E-state index contributed by atoms with van der Waals surface area (Å²) in [5.74, 6) is 0.151. The summed E-state index contributed by atoms with van der Waals surface area (Å²) in [7, 11) is -3.43. The highest BCUT2D eigenvalue weighted by Gasteiger charge is 2.22. The van der Waals surface area contributed by atoms with Gasteiger partial charge in [-0.25, -0.2) is 13.4 Å².